The zero-order valence-corrected chi connectivity index (χ0v) is 24.0. The van der Waals surface area contributed by atoms with Crippen molar-refractivity contribution in [1.29, 1.82) is 0 Å². The molecule has 0 saturated carbocycles. The molecule has 0 radical (unpaired) electrons. The van der Waals surface area contributed by atoms with Crippen LogP contribution in [0.2, 0.25) is 0 Å². The molecule has 7 heteroatoms. The summed E-state index contributed by atoms with van der Waals surface area (Å²) in [6.07, 6.45) is 11.1. The van der Waals surface area contributed by atoms with Crippen LogP contribution in [0.25, 0.3) is 0 Å². The minimum atomic E-state index is -0.643. The Balaban J connectivity index is -0.000000174. The van der Waals surface area contributed by atoms with Crippen LogP contribution in [-0.2, 0) is 33.9 Å². The van der Waals surface area contributed by atoms with Gasteiger partial charge in [0.2, 0.25) is 0 Å². The fourth-order valence-electron chi connectivity index (χ4n) is 2.86. The molecule has 182 valence electrons. The summed E-state index contributed by atoms with van der Waals surface area (Å²) in [7, 11) is 0. The van der Waals surface area contributed by atoms with E-state index < -0.39 is 17.9 Å². The van der Waals surface area contributed by atoms with Gasteiger partial charge >= 0.3 is 17.9 Å². The molecule has 0 aromatic carbocycles. The summed E-state index contributed by atoms with van der Waals surface area (Å²) >= 11 is 0. The second kappa shape index (κ2) is 27.1. The molecule has 0 aliphatic heterocycles. The summed E-state index contributed by atoms with van der Waals surface area (Å²) in [6, 6.07) is 0. The molecule has 0 aliphatic carbocycles. The zero-order chi connectivity index (χ0) is 23.9. The summed E-state index contributed by atoms with van der Waals surface area (Å²) in [4.78, 5) is 31.3. The van der Waals surface area contributed by atoms with Gasteiger partial charge in [-0.3, -0.25) is 14.4 Å². The smallest absolute Gasteiger partial charge is 0.306 e. The van der Waals surface area contributed by atoms with Crippen molar-refractivity contribution in [2.75, 3.05) is 0 Å². The van der Waals surface area contributed by atoms with Crippen LogP contribution in [0.5, 0.6) is 0 Å². The molecule has 3 atom stereocenters. The number of hydrogen-bond donors (Lipinski definition) is 3. The molecule has 6 nitrogen and oxygen atoms in total. The van der Waals surface area contributed by atoms with E-state index in [1.165, 1.54) is 0 Å². The van der Waals surface area contributed by atoms with E-state index in [9.17, 15) is 14.4 Å². The first-order chi connectivity index (χ1) is 14.2. The van der Waals surface area contributed by atoms with Crippen molar-refractivity contribution in [3.63, 3.8) is 0 Å². The average molecular weight is 498 g/mol. The Hall–Kier alpha value is -0.967. The quantitative estimate of drug-likeness (QED) is 0.213. The van der Waals surface area contributed by atoms with Crippen LogP contribution in [0.4, 0.5) is 0 Å². The van der Waals surface area contributed by atoms with Crippen LogP contribution in [-0.4, -0.2) is 33.2 Å². The number of carboxylic acid groups (broad SMARTS) is 3. The molecule has 0 aromatic heterocycles. The summed E-state index contributed by atoms with van der Waals surface area (Å²) < 4.78 is 0. The molecule has 0 saturated heterocycles. The third kappa shape index (κ3) is 25.2. The average Bonchev–Trinajstić information content (AvgIpc) is 2.70. The van der Waals surface area contributed by atoms with E-state index in [0.29, 0.717) is 0 Å². The zero-order valence-electron chi connectivity index (χ0n) is 21.0. The molecule has 0 fully saturated rings. The van der Waals surface area contributed by atoms with Gasteiger partial charge in [0, 0.05) is 19.5 Å². The number of carboxylic acids is 3. The maximum absolute atomic E-state index is 10.4. The molecule has 0 aromatic rings. The summed E-state index contributed by atoms with van der Waals surface area (Å²) in [5.74, 6) is -2.26. The normalized spacial score (nSPS) is 12.6. The Morgan fingerprint density at radius 1 is 0.516 bits per heavy atom. The standard InChI is InChI=1S/3C8H16O2.Zn/c3*1-3-5-6-7(4-2)8(9)10;/h3*7H,3-6H2,1-2H3,(H,9,10);. The molecule has 0 bridgehead atoms. The second-order valence-electron chi connectivity index (χ2n) is 7.76. The number of aliphatic carboxylic acids is 3. The van der Waals surface area contributed by atoms with Gasteiger partial charge < -0.3 is 15.3 Å². The SMILES string of the molecule is CCCCC(CC)C(=O)O.CCCCC(CC)C(=O)O.CCCCC(CC)C(=O)O.[Zn]. The van der Waals surface area contributed by atoms with Crippen molar-refractivity contribution in [3.8, 4) is 0 Å². The van der Waals surface area contributed by atoms with E-state index >= 15 is 0 Å². The van der Waals surface area contributed by atoms with Gasteiger partial charge in [0.15, 0.2) is 0 Å². The van der Waals surface area contributed by atoms with Crippen LogP contribution >= 0.6 is 0 Å². The van der Waals surface area contributed by atoms with Crippen molar-refractivity contribution in [1.82, 2.24) is 0 Å². The van der Waals surface area contributed by atoms with Gasteiger partial charge in [0.25, 0.3) is 0 Å². The van der Waals surface area contributed by atoms with Crippen molar-refractivity contribution < 1.29 is 49.2 Å². The van der Waals surface area contributed by atoms with Crippen molar-refractivity contribution in [2.45, 2.75) is 119 Å². The first-order valence-electron chi connectivity index (χ1n) is 11.8. The van der Waals surface area contributed by atoms with Gasteiger partial charge in [0.05, 0.1) is 17.8 Å². The first-order valence-corrected chi connectivity index (χ1v) is 11.8. The van der Waals surface area contributed by atoms with Gasteiger partial charge in [-0.1, -0.05) is 80.1 Å². The van der Waals surface area contributed by atoms with E-state index in [4.69, 9.17) is 15.3 Å². The molecule has 3 N–H and O–H groups in total. The molecule has 0 aliphatic rings. The van der Waals surface area contributed by atoms with Gasteiger partial charge in [-0.2, -0.15) is 0 Å². The van der Waals surface area contributed by atoms with Gasteiger partial charge in [-0.25, -0.2) is 0 Å². The van der Waals surface area contributed by atoms with E-state index in [1.807, 2.05) is 20.8 Å². The number of hydrogen-bond acceptors (Lipinski definition) is 3. The summed E-state index contributed by atoms with van der Waals surface area (Å²) in [5.41, 5.74) is 0. The predicted molar refractivity (Wildman–Crippen MR) is 123 cm³/mol. The minimum absolute atomic E-state index is 0. The van der Waals surface area contributed by atoms with Crippen molar-refractivity contribution >= 4 is 17.9 Å². The van der Waals surface area contributed by atoms with Crippen LogP contribution in [0, 0.1) is 17.8 Å². The molecule has 3 unspecified atom stereocenters. The molecular formula is C24H48O6Zn. The minimum Gasteiger partial charge on any atom is -0.481 e. The second-order valence-corrected chi connectivity index (χ2v) is 7.76. The van der Waals surface area contributed by atoms with E-state index in [2.05, 4.69) is 20.8 Å². The topological polar surface area (TPSA) is 112 Å². The molecule has 0 rings (SSSR count). The fraction of sp³-hybridized carbons (Fsp3) is 0.875. The Morgan fingerprint density at radius 3 is 0.806 bits per heavy atom. The Labute approximate surface area is 203 Å². The van der Waals surface area contributed by atoms with Crippen LogP contribution in [0.3, 0.4) is 0 Å². The monoisotopic (exact) mass is 496 g/mol. The Kier molecular flexibility index (Phi) is 32.6. The molecular weight excluding hydrogens is 450 g/mol. The van der Waals surface area contributed by atoms with Crippen molar-refractivity contribution in [3.05, 3.63) is 0 Å². The van der Waals surface area contributed by atoms with Gasteiger partial charge in [-0.05, 0) is 38.5 Å². The summed E-state index contributed by atoms with van der Waals surface area (Å²) in [6.45, 7) is 12.0. The third-order valence-corrected chi connectivity index (χ3v) is 5.24. The van der Waals surface area contributed by atoms with Crippen LogP contribution in [0.1, 0.15) is 119 Å². The molecule has 0 amide bonds. The van der Waals surface area contributed by atoms with E-state index in [0.717, 1.165) is 77.0 Å². The van der Waals surface area contributed by atoms with Crippen molar-refractivity contribution in [2.24, 2.45) is 17.8 Å². The molecule has 31 heavy (non-hydrogen) atoms. The van der Waals surface area contributed by atoms with E-state index in [-0.39, 0.29) is 37.2 Å². The van der Waals surface area contributed by atoms with Crippen LogP contribution < -0.4 is 0 Å². The Bertz CT molecular complexity index is 366. The number of carbonyl (C=O) groups is 3. The molecule has 0 heterocycles. The molecule has 0 spiro atoms. The fourth-order valence-corrected chi connectivity index (χ4v) is 2.86. The number of rotatable bonds is 15. The maximum atomic E-state index is 10.4. The third-order valence-electron chi connectivity index (χ3n) is 5.24. The first kappa shape index (κ1) is 37.4. The van der Waals surface area contributed by atoms with Gasteiger partial charge in [0.1, 0.15) is 0 Å². The van der Waals surface area contributed by atoms with Crippen LogP contribution in [0.15, 0.2) is 0 Å². The number of unbranched alkanes of at least 4 members (excludes halogenated alkanes) is 3. The van der Waals surface area contributed by atoms with Gasteiger partial charge in [-0.15, -0.1) is 0 Å². The Morgan fingerprint density at radius 2 is 0.710 bits per heavy atom. The largest absolute Gasteiger partial charge is 0.481 e. The maximum Gasteiger partial charge on any atom is 0.306 e. The predicted octanol–water partition coefficient (Wildman–Crippen LogP) is 6.86. The van der Waals surface area contributed by atoms with E-state index in [1.54, 1.807) is 0 Å². The summed E-state index contributed by atoms with van der Waals surface area (Å²) in [5, 5.41) is 25.8.